The first-order valence-electron chi connectivity index (χ1n) is 7.02. The van der Waals surface area contributed by atoms with E-state index < -0.39 is 0 Å². The molecule has 1 aliphatic rings. The lowest BCUT2D eigenvalue weighted by Gasteiger charge is -2.21. The van der Waals surface area contributed by atoms with Gasteiger partial charge in [0.25, 0.3) is 0 Å². The molecular weight excluding hydrogens is 248 g/mol. The minimum absolute atomic E-state index is 0.121. The van der Waals surface area contributed by atoms with E-state index in [1.165, 1.54) is 0 Å². The van der Waals surface area contributed by atoms with Gasteiger partial charge in [-0.25, -0.2) is 4.99 Å². The number of para-hydroxylation sites is 1. The molecule has 0 aliphatic carbocycles. The SMILES string of the molecule is Cc1ccc2cccc(C3=N[C@@H](C(C)(C)C)CO3)c2n1. The third-order valence-electron chi connectivity index (χ3n) is 3.74. The van der Waals surface area contributed by atoms with Crippen LogP contribution in [0.15, 0.2) is 35.3 Å². The van der Waals surface area contributed by atoms with E-state index in [4.69, 9.17) is 9.73 Å². The number of aliphatic imine (C=N–C) groups is 1. The van der Waals surface area contributed by atoms with Crippen LogP contribution in [0.25, 0.3) is 10.9 Å². The van der Waals surface area contributed by atoms with E-state index >= 15 is 0 Å². The van der Waals surface area contributed by atoms with Gasteiger partial charge in [-0.05, 0) is 24.5 Å². The van der Waals surface area contributed by atoms with Gasteiger partial charge in [-0.1, -0.05) is 39.0 Å². The van der Waals surface area contributed by atoms with Crippen LogP contribution in [-0.4, -0.2) is 23.5 Å². The van der Waals surface area contributed by atoms with Crippen molar-refractivity contribution in [1.29, 1.82) is 0 Å². The van der Waals surface area contributed by atoms with Crippen LogP contribution in [0.3, 0.4) is 0 Å². The number of hydrogen-bond acceptors (Lipinski definition) is 3. The van der Waals surface area contributed by atoms with E-state index in [-0.39, 0.29) is 11.5 Å². The van der Waals surface area contributed by atoms with Gasteiger partial charge in [-0.2, -0.15) is 0 Å². The number of pyridine rings is 1. The molecule has 2 heterocycles. The molecule has 3 rings (SSSR count). The van der Waals surface area contributed by atoms with Crippen molar-refractivity contribution in [1.82, 2.24) is 4.98 Å². The smallest absolute Gasteiger partial charge is 0.218 e. The van der Waals surface area contributed by atoms with Crippen LogP contribution in [0.2, 0.25) is 0 Å². The summed E-state index contributed by atoms with van der Waals surface area (Å²) in [5.41, 5.74) is 3.10. The molecule has 0 fully saturated rings. The lowest BCUT2D eigenvalue weighted by Crippen LogP contribution is -2.25. The summed E-state index contributed by atoms with van der Waals surface area (Å²) in [4.78, 5) is 9.41. The molecule has 0 saturated heterocycles. The molecule has 0 bridgehead atoms. The van der Waals surface area contributed by atoms with Crippen LogP contribution < -0.4 is 0 Å². The molecular formula is C17H20N2O. The van der Waals surface area contributed by atoms with E-state index in [9.17, 15) is 0 Å². The lowest BCUT2D eigenvalue weighted by atomic mass is 9.88. The molecule has 0 spiro atoms. The molecule has 0 amide bonds. The third-order valence-corrected chi connectivity index (χ3v) is 3.74. The number of ether oxygens (including phenoxy) is 1. The average molecular weight is 268 g/mol. The Morgan fingerprint density at radius 3 is 2.65 bits per heavy atom. The second kappa shape index (κ2) is 4.58. The first kappa shape index (κ1) is 13.1. The first-order valence-corrected chi connectivity index (χ1v) is 7.02. The molecule has 3 heteroatoms. The molecule has 3 nitrogen and oxygen atoms in total. The Hall–Kier alpha value is -1.90. The molecule has 2 aromatic rings. The number of aryl methyl sites for hydroxylation is 1. The standard InChI is InChI=1S/C17H20N2O/c1-11-8-9-12-6-5-7-13(15(12)18-11)16-19-14(10-20-16)17(2,3)4/h5-9,14H,10H2,1-4H3/t14-/m1/s1. The van der Waals surface area contributed by atoms with Crippen molar-refractivity contribution in [2.24, 2.45) is 10.4 Å². The number of rotatable bonds is 1. The normalized spacial score (nSPS) is 19.0. The predicted octanol–water partition coefficient (Wildman–Crippen LogP) is 3.73. The predicted molar refractivity (Wildman–Crippen MR) is 82.2 cm³/mol. The Kier molecular flexibility index (Phi) is 3.00. The molecule has 0 radical (unpaired) electrons. The number of fused-ring (bicyclic) bond motifs is 1. The van der Waals surface area contributed by atoms with Crippen molar-refractivity contribution in [3.05, 3.63) is 41.6 Å². The summed E-state index contributed by atoms with van der Waals surface area (Å²) in [5.74, 6) is 0.730. The largest absolute Gasteiger partial charge is 0.475 e. The second-order valence-electron chi connectivity index (χ2n) is 6.46. The lowest BCUT2D eigenvalue weighted by molar-refractivity contribution is 0.236. The minimum atomic E-state index is 0.121. The summed E-state index contributed by atoms with van der Waals surface area (Å²) in [5, 5.41) is 1.12. The maximum Gasteiger partial charge on any atom is 0.218 e. The van der Waals surface area contributed by atoms with Crippen LogP contribution in [-0.2, 0) is 4.74 Å². The molecule has 20 heavy (non-hydrogen) atoms. The second-order valence-corrected chi connectivity index (χ2v) is 6.46. The Morgan fingerprint density at radius 1 is 1.15 bits per heavy atom. The molecule has 0 saturated carbocycles. The molecule has 1 aromatic heterocycles. The minimum Gasteiger partial charge on any atom is -0.475 e. The summed E-state index contributed by atoms with van der Waals surface area (Å²) in [7, 11) is 0. The van der Waals surface area contributed by atoms with Gasteiger partial charge in [0.1, 0.15) is 6.61 Å². The fourth-order valence-electron chi connectivity index (χ4n) is 2.38. The van der Waals surface area contributed by atoms with E-state index in [1.807, 2.05) is 25.1 Å². The van der Waals surface area contributed by atoms with Gasteiger partial charge >= 0.3 is 0 Å². The van der Waals surface area contributed by atoms with Gasteiger partial charge in [0, 0.05) is 11.1 Å². The highest BCUT2D eigenvalue weighted by Gasteiger charge is 2.31. The Morgan fingerprint density at radius 2 is 1.95 bits per heavy atom. The van der Waals surface area contributed by atoms with E-state index in [1.54, 1.807) is 0 Å². The number of nitrogens with zero attached hydrogens (tertiary/aromatic N) is 2. The van der Waals surface area contributed by atoms with Gasteiger partial charge in [0.2, 0.25) is 5.90 Å². The molecule has 0 N–H and O–H groups in total. The summed E-state index contributed by atoms with van der Waals surface area (Å²) >= 11 is 0. The van der Waals surface area contributed by atoms with Crippen molar-refractivity contribution in [3.63, 3.8) is 0 Å². The molecule has 0 unspecified atom stereocenters. The Labute approximate surface area is 119 Å². The first-order chi connectivity index (χ1) is 9.45. The monoisotopic (exact) mass is 268 g/mol. The van der Waals surface area contributed by atoms with Crippen LogP contribution >= 0.6 is 0 Å². The summed E-state index contributed by atoms with van der Waals surface area (Å²) in [6.45, 7) is 9.24. The van der Waals surface area contributed by atoms with Crippen molar-refractivity contribution >= 4 is 16.8 Å². The summed E-state index contributed by atoms with van der Waals surface area (Å²) in [6.07, 6.45) is 0. The van der Waals surface area contributed by atoms with Crippen molar-refractivity contribution in [3.8, 4) is 0 Å². The highest BCUT2D eigenvalue weighted by Crippen LogP contribution is 2.29. The highest BCUT2D eigenvalue weighted by molar-refractivity contribution is 6.06. The molecule has 1 atom stereocenters. The Bertz CT molecular complexity index is 683. The maximum absolute atomic E-state index is 5.84. The summed E-state index contributed by atoms with van der Waals surface area (Å²) in [6, 6.07) is 10.5. The van der Waals surface area contributed by atoms with Gasteiger partial charge in [0.05, 0.1) is 17.1 Å². The fourth-order valence-corrected chi connectivity index (χ4v) is 2.38. The van der Waals surface area contributed by atoms with Crippen molar-refractivity contribution in [2.75, 3.05) is 6.61 Å². The van der Waals surface area contributed by atoms with E-state index in [0.29, 0.717) is 6.61 Å². The topological polar surface area (TPSA) is 34.5 Å². The zero-order chi connectivity index (χ0) is 14.3. The molecule has 1 aliphatic heterocycles. The summed E-state index contributed by atoms with van der Waals surface area (Å²) < 4.78 is 5.84. The van der Waals surface area contributed by atoms with Crippen LogP contribution in [0, 0.1) is 12.3 Å². The number of benzene rings is 1. The Balaban J connectivity index is 2.09. The maximum atomic E-state index is 5.84. The fraction of sp³-hybridized carbons (Fsp3) is 0.412. The van der Waals surface area contributed by atoms with Gasteiger partial charge in [0.15, 0.2) is 0 Å². The van der Waals surface area contributed by atoms with Crippen LogP contribution in [0.4, 0.5) is 0 Å². The number of aromatic nitrogens is 1. The molecule has 104 valence electrons. The van der Waals surface area contributed by atoms with Gasteiger partial charge < -0.3 is 4.74 Å². The van der Waals surface area contributed by atoms with Gasteiger partial charge in [-0.3, -0.25) is 4.98 Å². The van der Waals surface area contributed by atoms with E-state index in [0.717, 1.165) is 28.1 Å². The van der Waals surface area contributed by atoms with Crippen LogP contribution in [0.5, 0.6) is 0 Å². The van der Waals surface area contributed by atoms with Crippen LogP contribution in [0.1, 0.15) is 32.0 Å². The van der Waals surface area contributed by atoms with E-state index in [2.05, 4.69) is 37.9 Å². The third kappa shape index (κ3) is 2.28. The van der Waals surface area contributed by atoms with Crippen molar-refractivity contribution in [2.45, 2.75) is 33.7 Å². The quantitative estimate of drug-likeness (QED) is 0.789. The average Bonchev–Trinajstić information content (AvgIpc) is 2.87. The zero-order valence-corrected chi connectivity index (χ0v) is 12.5. The zero-order valence-electron chi connectivity index (χ0n) is 12.5. The van der Waals surface area contributed by atoms with Gasteiger partial charge in [-0.15, -0.1) is 0 Å². The highest BCUT2D eigenvalue weighted by atomic mass is 16.5. The number of hydrogen-bond donors (Lipinski definition) is 0. The van der Waals surface area contributed by atoms with Crippen molar-refractivity contribution < 1.29 is 4.74 Å². The molecule has 1 aromatic carbocycles.